The minimum Gasteiger partial charge on any atom is -0.306 e. The zero-order valence-corrected chi connectivity index (χ0v) is 9.10. The van der Waals surface area contributed by atoms with Crippen LogP contribution in [0.5, 0.6) is 0 Å². The van der Waals surface area contributed by atoms with E-state index in [1.54, 1.807) is 0 Å². The van der Waals surface area contributed by atoms with Crippen molar-refractivity contribution >= 4 is 11.3 Å². The van der Waals surface area contributed by atoms with Crippen LogP contribution in [0, 0.1) is 5.92 Å². The topological polar surface area (TPSA) is 12.0 Å². The van der Waals surface area contributed by atoms with Crippen LogP contribution >= 0.6 is 11.3 Å². The van der Waals surface area contributed by atoms with Crippen LogP contribution < -0.4 is 5.32 Å². The lowest BCUT2D eigenvalue weighted by molar-refractivity contribution is 0.545. The Bertz CT molecular complexity index is 255. The summed E-state index contributed by atoms with van der Waals surface area (Å²) in [4.78, 5) is 1.46. The van der Waals surface area contributed by atoms with Gasteiger partial charge in [-0.3, -0.25) is 0 Å². The normalized spacial score (nSPS) is 28.8. The molecule has 1 aliphatic rings. The van der Waals surface area contributed by atoms with E-state index in [1.165, 1.54) is 17.7 Å². The van der Waals surface area contributed by atoms with Crippen molar-refractivity contribution in [3.63, 3.8) is 0 Å². The van der Waals surface area contributed by atoms with Gasteiger partial charge in [-0.1, -0.05) is 19.4 Å². The lowest BCUT2D eigenvalue weighted by atomic mass is 10.2. The van der Waals surface area contributed by atoms with Crippen molar-refractivity contribution in [2.45, 2.75) is 38.8 Å². The molecule has 0 amide bonds. The van der Waals surface area contributed by atoms with Crippen LogP contribution in [0.3, 0.4) is 0 Å². The number of thiophene rings is 1. The first-order valence-electron chi connectivity index (χ1n) is 5.10. The highest BCUT2D eigenvalue weighted by atomic mass is 32.1. The third kappa shape index (κ3) is 2.12. The molecule has 0 spiro atoms. The summed E-state index contributed by atoms with van der Waals surface area (Å²) >= 11 is 1.85. The van der Waals surface area contributed by atoms with E-state index in [9.17, 15) is 0 Å². The first kappa shape index (κ1) is 9.22. The highest BCUT2D eigenvalue weighted by molar-refractivity contribution is 7.10. The molecule has 1 fully saturated rings. The number of hydrogen-bond donors (Lipinski definition) is 1. The summed E-state index contributed by atoms with van der Waals surface area (Å²) in [6.07, 6.45) is 2.71. The predicted octanol–water partition coefficient (Wildman–Crippen LogP) is 3.20. The highest BCUT2D eigenvalue weighted by Crippen LogP contribution is 2.35. The molecule has 3 unspecified atom stereocenters. The van der Waals surface area contributed by atoms with Crippen LogP contribution in [0.2, 0.25) is 0 Å². The smallest absolute Gasteiger partial charge is 0.0388 e. The van der Waals surface area contributed by atoms with E-state index >= 15 is 0 Å². The maximum absolute atomic E-state index is 3.67. The molecule has 2 rings (SSSR count). The Morgan fingerprint density at radius 1 is 1.69 bits per heavy atom. The lowest BCUT2D eigenvalue weighted by Gasteiger charge is -2.11. The van der Waals surface area contributed by atoms with Crippen molar-refractivity contribution < 1.29 is 0 Å². The van der Waals surface area contributed by atoms with Gasteiger partial charge >= 0.3 is 0 Å². The second-order valence-electron chi connectivity index (χ2n) is 3.91. The molecule has 3 atom stereocenters. The molecule has 72 valence electrons. The van der Waals surface area contributed by atoms with Crippen LogP contribution in [0.25, 0.3) is 0 Å². The van der Waals surface area contributed by atoms with Crippen molar-refractivity contribution in [3.05, 3.63) is 22.4 Å². The van der Waals surface area contributed by atoms with Crippen molar-refractivity contribution in [1.29, 1.82) is 0 Å². The van der Waals surface area contributed by atoms with Gasteiger partial charge in [-0.05, 0) is 30.7 Å². The minimum atomic E-state index is 0.543. The molecule has 0 radical (unpaired) electrons. The average Bonchev–Trinajstić information content (AvgIpc) is 2.68. The quantitative estimate of drug-likeness (QED) is 0.778. The summed E-state index contributed by atoms with van der Waals surface area (Å²) in [6.45, 7) is 4.54. The zero-order valence-electron chi connectivity index (χ0n) is 8.29. The molecule has 1 nitrogen and oxygen atoms in total. The van der Waals surface area contributed by atoms with E-state index in [0.29, 0.717) is 6.04 Å². The molecule has 13 heavy (non-hydrogen) atoms. The molecular formula is C11H17NS. The highest BCUT2D eigenvalue weighted by Gasteiger charge is 2.35. The first-order valence-corrected chi connectivity index (χ1v) is 5.98. The molecule has 0 saturated heterocycles. The second-order valence-corrected chi connectivity index (χ2v) is 4.89. The van der Waals surface area contributed by atoms with Crippen molar-refractivity contribution in [3.8, 4) is 0 Å². The Morgan fingerprint density at radius 3 is 3.08 bits per heavy atom. The summed E-state index contributed by atoms with van der Waals surface area (Å²) in [5, 5.41) is 5.82. The summed E-state index contributed by atoms with van der Waals surface area (Å²) in [6, 6.07) is 5.68. The second kappa shape index (κ2) is 3.81. The molecule has 1 N–H and O–H groups in total. The lowest BCUT2D eigenvalue weighted by Crippen LogP contribution is -2.21. The van der Waals surface area contributed by atoms with Gasteiger partial charge in [0.25, 0.3) is 0 Å². The summed E-state index contributed by atoms with van der Waals surface area (Å²) in [5.41, 5.74) is 0. The Labute approximate surface area is 84.2 Å². The molecule has 1 aliphatic carbocycles. The molecule has 0 bridgehead atoms. The largest absolute Gasteiger partial charge is 0.306 e. The van der Waals surface area contributed by atoms with E-state index in [2.05, 4.69) is 36.7 Å². The molecule has 2 heteroatoms. The standard InChI is InChI=1S/C11H17NS/c1-3-9-7-10(9)12-8(2)11-5-4-6-13-11/h4-6,8-10,12H,3,7H2,1-2H3. The molecule has 1 aromatic rings. The molecule has 0 aliphatic heterocycles. The maximum Gasteiger partial charge on any atom is 0.0388 e. The predicted molar refractivity (Wildman–Crippen MR) is 58.1 cm³/mol. The van der Waals surface area contributed by atoms with Crippen LogP contribution in [0.15, 0.2) is 17.5 Å². The molecule has 1 saturated carbocycles. The Balaban J connectivity index is 1.83. The summed E-state index contributed by atoms with van der Waals surface area (Å²) in [7, 11) is 0. The minimum absolute atomic E-state index is 0.543. The number of rotatable bonds is 4. The zero-order chi connectivity index (χ0) is 9.26. The molecule has 0 aromatic carbocycles. The fourth-order valence-corrected chi connectivity index (χ4v) is 2.59. The number of hydrogen-bond acceptors (Lipinski definition) is 2. The molecule has 1 heterocycles. The van der Waals surface area contributed by atoms with Crippen molar-refractivity contribution in [2.24, 2.45) is 5.92 Å². The average molecular weight is 195 g/mol. The van der Waals surface area contributed by atoms with E-state index < -0.39 is 0 Å². The van der Waals surface area contributed by atoms with Gasteiger partial charge in [0, 0.05) is 17.0 Å². The fourth-order valence-electron chi connectivity index (χ4n) is 1.84. The van der Waals surface area contributed by atoms with Gasteiger partial charge in [-0.15, -0.1) is 11.3 Å². The van der Waals surface area contributed by atoms with Gasteiger partial charge in [0.15, 0.2) is 0 Å². The van der Waals surface area contributed by atoms with Crippen molar-refractivity contribution in [1.82, 2.24) is 5.32 Å². The van der Waals surface area contributed by atoms with Crippen LogP contribution in [0.1, 0.15) is 37.6 Å². The van der Waals surface area contributed by atoms with Crippen LogP contribution in [-0.4, -0.2) is 6.04 Å². The monoisotopic (exact) mass is 195 g/mol. The van der Waals surface area contributed by atoms with Gasteiger partial charge in [0.1, 0.15) is 0 Å². The molecular weight excluding hydrogens is 178 g/mol. The van der Waals surface area contributed by atoms with Gasteiger partial charge in [-0.2, -0.15) is 0 Å². The third-order valence-electron chi connectivity index (χ3n) is 2.88. The summed E-state index contributed by atoms with van der Waals surface area (Å²) in [5.74, 6) is 0.947. The Hall–Kier alpha value is -0.340. The van der Waals surface area contributed by atoms with E-state index in [1.807, 2.05) is 11.3 Å². The van der Waals surface area contributed by atoms with E-state index in [0.717, 1.165) is 12.0 Å². The van der Waals surface area contributed by atoms with Crippen molar-refractivity contribution in [2.75, 3.05) is 0 Å². The Kier molecular flexibility index (Phi) is 2.70. The van der Waals surface area contributed by atoms with Gasteiger partial charge in [0.05, 0.1) is 0 Å². The fraction of sp³-hybridized carbons (Fsp3) is 0.636. The van der Waals surface area contributed by atoms with Gasteiger partial charge in [0.2, 0.25) is 0 Å². The van der Waals surface area contributed by atoms with Crippen LogP contribution in [-0.2, 0) is 0 Å². The first-order chi connectivity index (χ1) is 6.31. The van der Waals surface area contributed by atoms with Gasteiger partial charge < -0.3 is 5.32 Å². The number of nitrogens with one attached hydrogen (secondary N) is 1. The Morgan fingerprint density at radius 2 is 2.54 bits per heavy atom. The molecule has 1 aromatic heterocycles. The third-order valence-corrected chi connectivity index (χ3v) is 3.94. The van der Waals surface area contributed by atoms with Gasteiger partial charge in [-0.25, -0.2) is 0 Å². The van der Waals surface area contributed by atoms with E-state index in [-0.39, 0.29) is 0 Å². The SMILES string of the molecule is CCC1CC1NC(C)c1cccs1. The summed E-state index contributed by atoms with van der Waals surface area (Å²) < 4.78 is 0. The maximum atomic E-state index is 3.67. The van der Waals surface area contributed by atoms with Crippen LogP contribution in [0.4, 0.5) is 0 Å². The van der Waals surface area contributed by atoms with E-state index in [4.69, 9.17) is 0 Å².